The van der Waals surface area contributed by atoms with E-state index >= 15 is 0 Å². The lowest BCUT2D eigenvalue weighted by atomic mass is 9.97. The molecule has 1 aliphatic rings. The SMILES string of the molecule is N#CCN(CC#N)C(=O)CCSCc1nc2sc3c(c2c(=O)[nH]1)CCCC3. The van der Waals surface area contributed by atoms with Gasteiger partial charge in [0.05, 0.1) is 23.3 Å². The van der Waals surface area contributed by atoms with Crippen LogP contribution in [0.2, 0.25) is 0 Å². The molecule has 1 aliphatic carbocycles. The van der Waals surface area contributed by atoms with Gasteiger partial charge in [-0.05, 0) is 31.2 Å². The number of H-pyrrole nitrogens is 1. The monoisotopic (exact) mass is 401 g/mol. The molecule has 1 amide bonds. The summed E-state index contributed by atoms with van der Waals surface area (Å²) in [6.07, 6.45) is 4.53. The fraction of sp³-hybridized carbons (Fsp3) is 0.500. The van der Waals surface area contributed by atoms with Gasteiger partial charge < -0.3 is 9.88 Å². The maximum atomic E-state index is 12.5. The van der Waals surface area contributed by atoms with Crippen LogP contribution in [0.4, 0.5) is 0 Å². The summed E-state index contributed by atoms with van der Waals surface area (Å²) in [4.78, 5) is 35.3. The van der Waals surface area contributed by atoms with Crippen molar-refractivity contribution in [1.29, 1.82) is 10.5 Å². The number of thioether (sulfide) groups is 1. The van der Waals surface area contributed by atoms with Crippen LogP contribution < -0.4 is 5.56 Å². The average Bonchev–Trinajstić information content (AvgIpc) is 3.03. The molecule has 140 valence electrons. The third-order valence-corrected chi connectivity index (χ3v) is 6.61. The van der Waals surface area contributed by atoms with Crippen molar-refractivity contribution >= 4 is 39.2 Å². The summed E-state index contributed by atoms with van der Waals surface area (Å²) in [6, 6.07) is 3.78. The van der Waals surface area contributed by atoms with Gasteiger partial charge in [-0.15, -0.1) is 11.3 Å². The zero-order valence-electron chi connectivity index (χ0n) is 14.8. The Bertz CT molecular complexity index is 967. The van der Waals surface area contributed by atoms with Gasteiger partial charge in [0.2, 0.25) is 5.91 Å². The molecule has 0 saturated heterocycles. The lowest BCUT2D eigenvalue weighted by Crippen LogP contribution is -2.31. The summed E-state index contributed by atoms with van der Waals surface area (Å²) in [5, 5.41) is 18.2. The van der Waals surface area contributed by atoms with Crippen molar-refractivity contribution in [2.75, 3.05) is 18.8 Å². The third kappa shape index (κ3) is 4.49. The Kier molecular flexibility index (Phi) is 6.49. The number of aryl methyl sites for hydroxylation is 2. The van der Waals surface area contributed by atoms with E-state index in [0.29, 0.717) is 17.3 Å². The molecular weight excluding hydrogens is 382 g/mol. The largest absolute Gasteiger partial charge is 0.316 e. The number of thiophene rings is 1. The number of nitrogens with zero attached hydrogens (tertiary/aromatic N) is 4. The minimum absolute atomic E-state index is 0.0692. The van der Waals surface area contributed by atoms with Crippen LogP contribution in [0.1, 0.15) is 35.5 Å². The molecule has 7 nitrogen and oxygen atoms in total. The van der Waals surface area contributed by atoms with Crippen molar-refractivity contribution in [1.82, 2.24) is 14.9 Å². The van der Waals surface area contributed by atoms with Crippen molar-refractivity contribution in [3.63, 3.8) is 0 Å². The average molecular weight is 402 g/mol. The number of carbonyl (C=O) groups excluding carboxylic acids is 1. The highest BCUT2D eigenvalue weighted by atomic mass is 32.2. The van der Waals surface area contributed by atoms with Gasteiger partial charge in [-0.1, -0.05) is 0 Å². The van der Waals surface area contributed by atoms with E-state index in [-0.39, 0.29) is 31.0 Å². The molecule has 2 heterocycles. The number of hydrogen-bond donors (Lipinski definition) is 1. The van der Waals surface area contributed by atoms with Gasteiger partial charge in [-0.2, -0.15) is 22.3 Å². The highest BCUT2D eigenvalue weighted by molar-refractivity contribution is 7.98. The Morgan fingerprint density at radius 3 is 2.74 bits per heavy atom. The first-order valence-electron chi connectivity index (χ1n) is 8.77. The van der Waals surface area contributed by atoms with E-state index < -0.39 is 0 Å². The molecule has 2 aromatic rings. The second kappa shape index (κ2) is 9.03. The molecule has 0 radical (unpaired) electrons. The summed E-state index contributed by atoms with van der Waals surface area (Å²) < 4.78 is 0. The van der Waals surface area contributed by atoms with Gasteiger partial charge in [-0.25, -0.2) is 4.98 Å². The van der Waals surface area contributed by atoms with E-state index in [0.717, 1.165) is 29.5 Å². The van der Waals surface area contributed by atoms with Crippen LogP contribution in [-0.4, -0.2) is 39.6 Å². The molecule has 0 spiro atoms. The molecule has 1 N–H and O–H groups in total. The number of aromatic amines is 1. The van der Waals surface area contributed by atoms with E-state index in [4.69, 9.17) is 10.5 Å². The molecule has 0 aromatic carbocycles. The summed E-state index contributed by atoms with van der Waals surface area (Å²) >= 11 is 3.12. The first-order chi connectivity index (χ1) is 13.1. The Morgan fingerprint density at radius 1 is 1.26 bits per heavy atom. The van der Waals surface area contributed by atoms with Gasteiger partial charge in [0.25, 0.3) is 5.56 Å². The molecule has 0 bridgehead atoms. The van der Waals surface area contributed by atoms with Crippen LogP contribution >= 0.6 is 23.1 Å². The Hall–Kier alpha value is -2.36. The molecule has 27 heavy (non-hydrogen) atoms. The maximum Gasteiger partial charge on any atom is 0.259 e. The molecule has 3 rings (SSSR count). The lowest BCUT2D eigenvalue weighted by molar-refractivity contribution is -0.129. The zero-order valence-corrected chi connectivity index (χ0v) is 16.4. The van der Waals surface area contributed by atoms with E-state index in [1.54, 1.807) is 11.3 Å². The molecule has 0 unspecified atom stereocenters. The number of carbonyl (C=O) groups is 1. The van der Waals surface area contributed by atoms with Gasteiger partial charge in [0.1, 0.15) is 23.7 Å². The molecule has 9 heteroatoms. The van der Waals surface area contributed by atoms with Gasteiger partial charge in [0.15, 0.2) is 0 Å². The van der Waals surface area contributed by atoms with Gasteiger partial charge in [0, 0.05) is 17.1 Å². The zero-order chi connectivity index (χ0) is 19.2. The topological polar surface area (TPSA) is 114 Å². The smallest absolute Gasteiger partial charge is 0.259 e. The predicted octanol–water partition coefficient (Wildman–Crippen LogP) is 2.36. The van der Waals surface area contributed by atoms with E-state index in [2.05, 4.69) is 9.97 Å². The predicted molar refractivity (Wildman–Crippen MR) is 105 cm³/mol. The van der Waals surface area contributed by atoms with Crippen LogP contribution in [0, 0.1) is 22.7 Å². The van der Waals surface area contributed by atoms with Crippen LogP contribution in [0.5, 0.6) is 0 Å². The maximum absolute atomic E-state index is 12.5. The highest BCUT2D eigenvalue weighted by Gasteiger charge is 2.19. The van der Waals surface area contributed by atoms with Crippen molar-refractivity contribution in [3.05, 3.63) is 26.6 Å². The molecule has 0 saturated carbocycles. The normalized spacial score (nSPS) is 13.0. The second-order valence-corrected chi connectivity index (χ2v) is 8.46. The molecule has 0 aliphatic heterocycles. The first-order valence-corrected chi connectivity index (χ1v) is 10.7. The van der Waals surface area contributed by atoms with Crippen molar-refractivity contribution in [2.24, 2.45) is 0 Å². The number of amides is 1. The number of hydrogen-bond acceptors (Lipinski definition) is 7. The summed E-state index contributed by atoms with van der Waals surface area (Å²) in [7, 11) is 0. The van der Waals surface area contributed by atoms with Crippen molar-refractivity contribution in [2.45, 2.75) is 37.9 Å². The van der Waals surface area contributed by atoms with Crippen LogP contribution in [0.25, 0.3) is 10.2 Å². The van der Waals surface area contributed by atoms with Crippen LogP contribution in [-0.2, 0) is 23.4 Å². The van der Waals surface area contributed by atoms with Gasteiger partial charge in [-0.3, -0.25) is 9.59 Å². The quantitative estimate of drug-likeness (QED) is 0.563. The number of nitriles is 2. The van der Waals surface area contributed by atoms with Gasteiger partial charge >= 0.3 is 0 Å². The minimum Gasteiger partial charge on any atom is -0.316 e. The third-order valence-electron chi connectivity index (χ3n) is 4.45. The number of fused-ring (bicyclic) bond motifs is 3. The number of aromatic nitrogens is 2. The van der Waals surface area contributed by atoms with Crippen molar-refractivity contribution in [3.8, 4) is 12.1 Å². The Morgan fingerprint density at radius 2 is 2.00 bits per heavy atom. The number of rotatable bonds is 7. The van der Waals surface area contributed by atoms with E-state index in [1.165, 1.54) is 33.5 Å². The molecule has 0 atom stereocenters. The van der Waals surface area contributed by atoms with E-state index in [9.17, 15) is 9.59 Å². The molecule has 0 fully saturated rings. The van der Waals surface area contributed by atoms with Crippen LogP contribution in [0.3, 0.4) is 0 Å². The standard InChI is InChI=1S/C18H19N5O2S2/c19-6-8-23(9-7-20)15(24)5-10-26-11-14-21-17(25)16-12-3-1-2-4-13(12)27-18(16)22-14/h1-5,8-11H2,(H,21,22,25). The fourth-order valence-electron chi connectivity index (χ4n) is 3.17. The number of nitrogens with one attached hydrogen (secondary N) is 1. The Balaban J connectivity index is 1.60. The summed E-state index contributed by atoms with van der Waals surface area (Å²) in [5.41, 5.74) is 1.11. The minimum atomic E-state index is -0.214. The molecular formula is C18H19N5O2S2. The fourth-order valence-corrected chi connectivity index (χ4v) is 5.24. The Labute approximate surface area is 165 Å². The lowest BCUT2D eigenvalue weighted by Gasteiger charge is -2.15. The van der Waals surface area contributed by atoms with E-state index in [1.807, 2.05) is 12.1 Å². The summed E-state index contributed by atoms with van der Waals surface area (Å²) in [5.74, 6) is 1.45. The van der Waals surface area contributed by atoms with Crippen molar-refractivity contribution < 1.29 is 4.79 Å². The second-order valence-electron chi connectivity index (χ2n) is 6.27. The van der Waals surface area contributed by atoms with Crippen LogP contribution in [0.15, 0.2) is 4.79 Å². The first kappa shape index (κ1) is 19.4. The highest BCUT2D eigenvalue weighted by Crippen LogP contribution is 2.33. The summed E-state index contributed by atoms with van der Waals surface area (Å²) in [6.45, 7) is -0.155. The molecule has 2 aromatic heterocycles.